The number of carbonyl (C=O) groups excluding carboxylic acids is 1. The molecule has 0 aliphatic heterocycles. The Morgan fingerprint density at radius 2 is 2.04 bits per heavy atom. The Bertz CT molecular complexity index is 897. The average Bonchev–Trinajstić information content (AvgIpc) is 3.10. The van der Waals surface area contributed by atoms with Gasteiger partial charge in [0.25, 0.3) is 5.56 Å². The van der Waals surface area contributed by atoms with Crippen molar-refractivity contribution in [2.24, 2.45) is 0 Å². The fourth-order valence-electron chi connectivity index (χ4n) is 2.78. The predicted molar refractivity (Wildman–Crippen MR) is 98.6 cm³/mol. The van der Waals surface area contributed by atoms with Gasteiger partial charge in [0.2, 0.25) is 5.91 Å². The van der Waals surface area contributed by atoms with Crippen LogP contribution >= 0.6 is 11.3 Å². The molecular weight excluding hydrogens is 320 g/mol. The van der Waals surface area contributed by atoms with E-state index in [1.54, 1.807) is 15.9 Å². The van der Waals surface area contributed by atoms with Crippen molar-refractivity contribution < 1.29 is 4.79 Å². The number of pyridine rings is 1. The van der Waals surface area contributed by atoms with Gasteiger partial charge in [-0.2, -0.15) is 0 Å². The Labute approximate surface area is 144 Å². The van der Waals surface area contributed by atoms with Crippen LogP contribution in [0.15, 0.2) is 52.6 Å². The van der Waals surface area contributed by atoms with Gasteiger partial charge in [0.15, 0.2) is 0 Å². The third kappa shape index (κ3) is 3.74. The SMILES string of the molecule is Cc1cc2ccccc2n(CCNC(=O)CCc2cccs2)c1=O. The van der Waals surface area contributed by atoms with Crippen LogP contribution in [0, 0.1) is 6.92 Å². The number of rotatable bonds is 6. The molecule has 0 saturated carbocycles. The lowest BCUT2D eigenvalue weighted by Crippen LogP contribution is -2.31. The zero-order valence-corrected chi connectivity index (χ0v) is 14.4. The summed E-state index contributed by atoms with van der Waals surface area (Å²) in [5.41, 5.74) is 1.63. The van der Waals surface area contributed by atoms with Crippen molar-refractivity contribution in [2.45, 2.75) is 26.3 Å². The minimum absolute atomic E-state index is 0.00142. The lowest BCUT2D eigenvalue weighted by Gasteiger charge is -2.12. The second-order valence-corrected chi connectivity index (χ2v) is 6.80. The van der Waals surface area contributed by atoms with E-state index in [1.165, 1.54) is 4.88 Å². The van der Waals surface area contributed by atoms with E-state index in [-0.39, 0.29) is 11.5 Å². The quantitative estimate of drug-likeness (QED) is 0.749. The number of amides is 1. The third-order valence-corrected chi connectivity index (χ3v) is 4.95. The highest BCUT2D eigenvalue weighted by molar-refractivity contribution is 7.09. The Hall–Kier alpha value is -2.40. The first-order chi connectivity index (χ1) is 11.6. The van der Waals surface area contributed by atoms with E-state index >= 15 is 0 Å². The maximum atomic E-state index is 12.4. The Balaban J connectivity index is 1.62. The van der Waals surface area contributed by atoms with Crippen LogP contribution in [-0.4, -0.2) is 17.0 Å². The van der Waals surface area contributed by atoms with E-state index in [2.05, 4.69) is 5.32 Å². The molecule has 0 atom stereocenters. The molecule has 2 heterocycles. The van der Waals surface area contributed by atoms with Crippen LogP contribution in [0.1, 0.15) is 16.9 Å². The summed E-state index contributed by atoms with van der Waals surface area (Å²) in [6.45, 7) is 2.76. The fourth-order valence-corrected chi connectivity index (χ4v) is 3.49. The largest absolute Gasteiger partial charge is 0.354 e. The lowest BCUT2D eigenvalue weighted by atomic mass is 10.1. The van der Waals surface area contributed by atoms with Gasteiger partial charge in [-0.1, -0.05) is 24.3 Å². The molecule has 0 radical (unpaired) electrons. The number of carbonyl (C=O) groups is 1. The zero-order valence-electron chi connectivity index (χ0n) is 13.6. The number of fused-ring (bicyclic) bond motifs is 1. The van der Waals surface area contributed by atoms with Gasteiger partial charge in [-0.05, 0) is 42.3 Å². The maximum absolute atomic E-state index is 12.4. The van der Waals surface area contributed by atoms with E-state index in [4.69, 9.17) is 0 Å². The van der Waals surface area contributed by atoms with Gasteiger partial charge in [0.05, 0.1) is 5.52 Å². The van der Waals surface area contributed by atoms with Crippen molar-refractivity contribution >= 4 is 28.1 Å². The number of benzene rings is 1. The summed E-state index contributed by atoms with van der Waals surface area (Å²) in [5, 5.41) is 5.97. The Kier molecular flexibility index (Phi) is 5.11. The summed E-state index contributed by atoms with van der Waals surface area (Å²) in [5.74, 6) is 0.0217. The Morgan fingerprint density at radius 3 is 2.83 bits per heavy atom. The smallest absolute Gasteiger partial charge is 0.254 e. The molecule has 0 bridgehead atoms. The molecule has 124 valence electrons. The maximum Gasteiger partial charge on any atom is 0.254 e. The van der Waals surface area contributed by atoms with Gasteiger partial charge >= 0.3 is 0 Å². The highest BCUT2D eigenvalue weighted by atomic mass is 32.1. The summed E-state index contributed by atoms with van der Waals surface area (Å²) in [6.07, 6.45) is 1.24. The van der Waals surface area contributed by atoms with Crippen molar-refractivity contribution in [1.29, 1.82) is 0 Å². The summed E-state index contributed by atoms with van der Waals surface area (Å²) < 4.78 is 1.74. The number of hydrogen-bond acceptors (Lipinski definition) is 3. The van der Waals surface area contributed by atoms with E-state index in [1.807, 2.05) is 54.8 Å². The molecule has 1 amide bonds. The van der Waals surface area contributed by atoms with E-state index < -0.39 is 0 Å². The molecule has 1 N–H and O–H groups in total. The lowest BCUT2D eigenvalue weighted by molar-refractivity contribution is -0.121. The van der Waals surface area contributed by atoms with E-state index in [0.717, 1.165) is 22.9 Å². The molecule has 3 rings (SSSR count). The molecule has 0 aliphatic rings. The van der Waals surface area contributed by atoms with Gasteiger partial charge < -0.3 is 9.88 Å². The van der Waals surface area contributed by atoms with Crippen LogP contribution in [0.3, 0.4) is 0 Å². The molecule has 24 heavy (non-hydrogen) atoms. The van der Waals surface area contributed by atoms with Crippen LogP contribution in [0.25, 0.3) is 10.9 Å². The van der Waals surface area contributed by atoms with Crippen LogP contribution in [0.5, 0.6) is 0 Å². The number of thiophene rings is 1. The molecule has 4 nitrogen and oxygen atoms in total. The normalized spacial score (nSPS) is 10.9. The predicted octanol–water partition coefficient (Wildman–Crippen LogP) is 3.12. The van der Waals surface area contributed by atoms with E-state index in [0.29, 0.717) is 19.5 Å². The van der Waals surface area contributed by atoms with E-state index in [9.17, 15) is 9.59 Å². The number of nitrogens with zero attached hydrogens (tertiary/aromatic N) is 1. The third-order valence-electron chi connectivity index (χ3n) is 4.02. The Morgan fingerprint density at radius 1 is 1.21 bits per heavy atom. The molecular formula is C19H20N2O2S. The first-order valence-corrected chi connectivity index (χ1v) is 8.91. The zero-order chi connectivity index (χ0) is 16.9. The molecule has 3 aromatic rings. The number of aryl methyl sites for hydroxylation is 2. The van der Waals surface area contributed by atoms with Crippen LogP contribution in [0.2, 0.25) is 0 Å². The molecule has 0 fully saturated rings. The van der Waals surface area contributed by atoms with Crippen LogP contribution in [0.4, 0.5) is 0 Å². The van der Waals surface area contributed by atoms with Crippen molar-refractivity contribution in [1.82, 2.24) is 9.88 Å². The topological polar surface area (TPSA) is 51.1 Å². The van der Waals surface area contributed by atoms with Crippen molar-refractivity contribution in [3.05, 3.63) is 68.6 Å². The fraction of sp³-hybridized carbons (Fsp3) is 0.263. The number of aromatic nitrogens is 1. The summed E-state index contributed by atoms with van der Waals surface area (Å²) >= 11 is 1.67. The average molecular weight is 340 g/mol. The summed E-state index contributed by atoms with van der Waals surface area (Å²) in [6, 6.07) is 13.8. The highest BCUT2D eigenvalue weighted by Crippen LogP contribution is 2.13. The van der Waals surface area contributed by atoms with Gasteiger partial charge in [-0.3, -0.25) is 9.59 Å². The molecule has 0 saturated heterocycles. The van der Waals surface area contributed by atoms with Gasteiger partial charge in [0.1, 0.15) is 0 Å². The highest BCUT2D eigenvalue weighted by Gasteiger charge is 2.07. The van der Waals surface area contributed by atoms with Crippen molar-refractivity contribution in [3.8, 4) is 0 Å². The summed E-state index contributed by atoms with van der Waals surface area (Å²) in [7, 11) is 0. The first kappa shape index (κ1) is 16.5. The second-order valence-electron chi connectivity index (χ2n) is 5.77. The standard InChI is InChI=1S/C19H20N2O2S/c1-14-13-15-5-2-3-7-17(15)21(19(14)23)11-10-20-18(22)9-8-16-6-4-12-24-16/h2-7,12-13H,8-11H2,1H3,(H,20,22). The number of hydrogen-bond donors (Lipinski definition) is 1. The second kappa shape index (κ2) is 7.45. The summed E-state index contributed by atoms with van der Waals surface area (Å²) in [4.78, 5) is 25.6. The van der Waals surface area contributed by atoms with Crippen LogP contribution in [-0.2, 0) is 17.8 Å². The number of nitrogens with one attached hydrogen (secondary N) is 1. The molecule has 2 aromatic heterocycles. The van der Waals surface area contributed by atoms with Gasteiger partial charge in [-0.15, -0.1) is 11.3 Å². The van der Waals surface area contributed by atoms with Gasteiger partial charge in [0, 0.05) is 30.0 Å². The molecule has 1 aromatic carbocycles. The molecule has 0 unspecified atom stereocenters. The van der Waals surface area contributed by atoms with Crippen molar-refractivity contribution in [2.75, 3.05) is 6.54 Å². The molecule has 5 heteroatoms. The van der Waals surface area contributed by atoms with Gasteiger partial charge in [-0.25, -0.2) is 0 Å². The minimum atomic E-state index is 0.00142. The minimum Gasteiger partial charge on any atom is -0.354 e. The van der Waals surface area contributed by atoms with Crippen molar-refractivity contribution in [3.63, 3.8) is 0 Å². The first-order valence-electron chi connectivity index (χ1n) is 8.03. The monoisotopic (exact) mass is 340 g/mol. The molecule has 0 aliphatic carbocycles. The van der Waals surface area contributed by atoms with Crippen LogP contribution < -0.4 is 10.9 Å². The molecule has 0 spiro atoms. The number of para-hydroxylation sites is 1.